The Kier molecular flexibility index (Phi) is 6.34. The highest BCUT2D eigenvalue weighted by Crippen LogP contribution is 2.46. The van der Waals surface area contributed by atoms with E-state index in [4.69, 9.17) is 15.2 Å². The number of fused-ring (bicyclic) bond motifs is 1. The molecule has 3 heterocycles. The van der Waals surface area contributed by atoms with Crippen molar-refractivity contribution in [3.63, 3.8) is 0 Å². The number of nitrogens with zero attached hydrogens (tertiary/aromatic N) is 4. The van der Waals surface area contributed by atoms with E-state index in [1.807, 2.05) is 6.92 Å². The molecule has 2 aliphatic rings. The summed E-state index contributed by atoms with van der Waals surface area (Å²) in [5, 5.41) is -0.197. The third kappa shape index (κ3) is 4.42. The summed E-state index contributed by atoms with van der Waals surface area (Å²) in [6.45, 7) is 2.31. The first-order valence-corrected chi connectivity index (χ1v) is 12.6. The van der Waals surface area contributed by atoms with Crippen LogP contribution in [0.2, 0.25) is 0 Å². The van der Waals surface area contributed by atoms with Crippen molar-refractivity contribution in [2.75, 3.05) is 25.1 Å². The Morgan fingerprint density at radius 2 is 1.82 bits per heavy atom. The van der Waals surface area contributed by atoms with Gasteiger partial charge in [0.15, 0.2) is 9.84 Å². The zero-order valence-electron chi connectivity index (χ0n) is 18.0. The Bertz CT molecular complexity index is 1170. The smallest absolute Gasteiger partial charge is 0.412 e. The zero-order chi connectivity index (χ0) is 23.8. The van der Waals surface area contributed by atoms with Gasteiger partial charge in [-0.3, -0.25) is 0 Å². The van der Waals surface area contributed by atoms with Gasteiger partial charge in [-0.2, -0.15) is 4.98 Å². The number of carbonyl (C=O) groups excluding carboxylic acids is 2. The average Bonchev–Trinajstić information content (AvgIpc) is 3.17. The van der Waals surface area contributed by atoms with Gasteiger partial charge in [-0.05, 0) is 43.7 Å². The molecule has 1 aromatic heterocycles. The number of ether oxygens (including phenoxy) is 2. The number of aryl methyl sites for hydroxylation is 1. The maximum atomic E-state index is 12.9. The van der Waals surface area contributed by atoms with Gasteiger partial charge >= 0.3 is 12.1 Å². The Morgan fingerprint density at radius 3 is 2.42 bits per heavy atom. The molecule has 13 heteroatoms. The summed E-state index contributed by atoms with van der Waals surface area (Å²) in [6, 6.07) is 5.89. The minimum atomic E-state index is -3.50. The van der Waals surface area contributed by atoms with Crippen LogP contribution < -0.4 is 15.4 Å². The number of piperidine rings is 1. The molecule has 2 aromatic rings. The molecule has 0 bridgehead atoms. The lowest BCUT2D eigenvalue weighted by Gasteiger charge is -2.32. The molecular formula is C20H23N5O6S2. The number of sulfone groups is 1. The van der Waals surface area contributed by atoms with Gasteiger partial charge in [0, 0.05) is 13.1 Å². The number of hydrogen-bond donors (Lipinski definition) is 1. The molecule has 0 saturated carbocycles. The van der Waals surface area contributed by atoms with Gasteiger partial charge in [-0.25, -0.2) is 27.9 Å². The van der Waals surface area contributed by atoms with Crippen molar-refractivity contribution in [2.24, 2.45) is 5.73 Å². The second-order valence-electron chi connectivity index (χ2n) is 7.60. The number of aromatic nitrogens is 2. The number of primary amides is 1. The summed E-state index contributed by atoms with van der Waals surface area (Å²) in [7, 11) is -2.11. The van der Waals surface area contributed by atoms with Crippen LogP contribution in [0.5, 0.6) is 5.88 Å². The Labute approximate surface area is 195 Å². The highest BCUT2D eigenvalue weighted by Gasteiger charge is 2.42. The summed E-state index contributed by atoms with van der Waals surface area (Å²) in [6.07, 6.45) is 1.15. The van der Waals surface area contributed by atoms with E-state index in [2.05, 4.69) is 9.97 Å². The molecule has 0 spiro atoms. The lowest BCUT2D eigenvalue weighted by molar-refractivity contribution is 0.0880. The van der Waals surface area contributed by atoms with E-state index in [1.54, 1.807) is 24.3 Å². The van der Waals surface area contributed by atoms with Crippen molar-refractivity contribution in [2.45, 2.75) is 40.5 Å². The Balaban J connectivity index is 1.41. The van der Waals surface area contributed by atoms with Gasteiger partial charge < -0.3 is 20.1 Å². The number of methoxy groups -OCH3 is 1. The number of carbonyl (C=O) groups is 2. The minimum absolute atomic E-state index is 0.131. The molecular weight excluding hydrogens is 470 g/mol. The van der Waals surface area contributed by atoms with E-state index in [-0.39, 0.29) is 42.4 Å². The van der Waals surface area contributed by atoms with E-state index < -0.39 is 32.8 Å². The lowest BCUT2D eigenvalue weighted by atomic mass is 10.1. The monoisotopic (exact) mass is 493 g/mol. The number of benzene rings is 1. The van der Waals surface area contributed by atoms with Crippen LogP contribution >= 0.6 is 11.8 Å². The standard InChI is InChI=1S/C20H23N5O6S2/c1-12-3-5-13(6-4-12)33(28,29)14-7-9-24(10-8-14)19(27)31-20-25(18(21)26)15-16(30-2)22-11-23-17(15)32-20/h3-6,11,14,20H,7-10H2,1-2H3,(H2,21,26). The number of hydrogen-bond acceptors (Lipinski definition) is 9. The zero-order valence-corrected chi connectivity index (χ0v) is 19.6. The third-order valence-corrected chi connectivity index (χ3v) is 8.85. The number of urea groups is 1. The first-order valence-electron chi connectivity index (χ1n) is 10.1. The molecule has 1 atom stereocenters. The van der Waals surface area contributed by atoms with Crippen molar-refractivity contribution in [1.29, 1.82) is 0 Å². The summed E-state index contributed by atoms with van der Waals surface area (Å²) >= 11 is 1.03. The topological polar surface area (TPSA) is 145 Å². The number of thioether (sulfide) groups is 1. The van der Waals surface area contributed by atoms with Gasteiger partial charge in [0.25, 0.3) is 0 Å². The van der Waals surface area contributed by atoms with Crippen LogP contribution in [0.15, 0.2) is 40.5 Å². The van der Waals surface area contributed by atoms with Crippen molar-refractivity contribution >= 4 is 39.4 Å². The number of rotatable bonds is 4. The fourth-order valence-corrected chi connectivity index (χ4v) is 6.54. The molecule has 3 amide bonds. The molecule has 0 radical (unpaired) electrons. The van der Waals surface area contributed by atoms with Gasteiger partial charge in [0.1, 0.15) is 17.0 Å². The van der Waals surface area contributed by atoms with E-state index in [9.17, 15) is 18.0 Å². The van der Waals surface area contributed by atoms with Gasteiger partial charge in [0.05, 0.1) is 17.3 Å². The van der Waals surface area contributed by atoms with E-state index in [0.717, 1.165) is 22.2 Å². The Hall–Kier alpha value is -3.06. The summed E-state index contributed by atoms with van der Waals surface area (Å²) < 4.78 is 36.6. The molecule has 1 saturated heterocycles. The van der Waals surface area contributed by atoms with Crippen LogP contribution in [0.4, 0.5) is 15.3 Å². The van der Waals surface area contributed by atoms with Gasteiger partial charge in [-0.1, -0.05) is 17.7 Å². The van der Waals surface area contributed by atoms with Crippen molar-refractivity contribution in [3.05, 3.63) is 36.2 Å². The molecule has 176 valence electrons. The molecule has 4 rings (SSSR count). The van der Waals surface area contributed by atoms with Gasteiger partial charge in [-0.15, -0.1) is 0 Å². The van der Waals surface area contributed by atoms with Crippen LogP contribution in [-0.4, -0.2) is 66.4 Å². The molecule has 1 fully saturated rings. The number of nitrogens with two attached hydrogens (primary N) is 1. The van der Waals surface area contributed by atoms with Crippen LogP contribution in [0.1, 0.15) is 18.4 Å². The highest BCUT2D eigenvalue weighted by atomic mass is 32.2. The van der Waals surface area contributed by atoms with E-state index in [1.165, 1.54) is 18.3 Å². The number of amides is 3. The van der Waals surface area contributed by atoms with Gasteiger partial charge in [0.2, 0.25) is 11.4 Å². The van der Waals surface area contributed by atoms with E-state index >= 15 is 0 Å². The lowest BCUT2D eigenvalue weighted by Crippen LogP contribution is -2.47. The van der Waals surface area contributed by atoms with Crippen molar-refractivity contribution < 1.29 is 27.5 Å². The summed E-state index contributed by atoms with van der Waals surface area (Å²) in [5.41, 5.74) is 5.64. The van der Waals surface area contributed by atoms with E-state index in [0.29, 0.717) is 5.03 Å². The molecule has 33 heavy (non-hydrogen) atoms. The van der Waals surface area contributed by atoms with Crippen LogP contribution in [0.25, 0.3) is 0 Å². The first-order chi connectivity index (χ1) is 15.7. The highest BCUT2D eigenvalue weighted by molar-refractivity contribution is 8.00. The molecule has 2 aliphatic heterocycles. The molecule has 2 N–H and O–H groups in total. The summed E-state index contributed by atoms with van der Waals surface area (Å²) in [5.74, 6) is 0.131. The number of likely N-dealkylation sites (tertiary alicyclic amines) is 1. The normalized spacial score (nSPS) is 18.7. The molecule has 1 unspecified atom stereocenters. The van der Waals surface area contributed by atoms with Crippen LogP contribution in [-0.2, 0) is 14.6 Å². The quantitative estimate of drug-likeness (QED) is 0.633. The number of anilines is 1. The summed E-state index contributed by atoms with van der Waals surface area (Å²) in [4.78, 5) is 35.7. The predicted octanol–water partition coefficient (Wildman–Crippen LogP) is 2.14. The maximum Gasteiger partial charge on any atom is 0.412 e. The molecule has 11 nitrogen and oxygen atoms in total. The Morgan fingerprint density at radius 1 is 1.15 bits per heavy atom. The van der Waals surface area contributed by atoms with Crippen molar-refractivity contribution in [1.82, 2.24) is 14.9 Å². The second-order valence-corrected chi connectivity index (χ2v) is 10.9. The maximum absolute atomic E-state index is 12.9. The predicted molar refractivity (Wildman–Crippen MR) is 120 cm³/mol. The van der Waals surface area contributed by atoms with Crippen LogP contribution in [0, 0.1) is 6.92 Å². The fraction of sp³-hybridized carbons (Fsp3) is 0.400. The molecule has 0 aliphatic carbocycles. The average molecular weight is 494 g/mol. The fourth-order valence-electron chi connectivity index (χ4n) is 3.76. The molecule has 1 aromatic carbocycles. The third-order valence-electron chi connectivity index (χ3n) is 5.54. The van der Waals surface area contributed by atoms with Crippen LogP contribution in [0.3, 0.4) is 0 Å². The minimum Gasteiger partial charge on any atom is -0.479 e. The van der Waals surface area contributed by atoms with Crippen molar-refractivity contribution in [3.8, 4) is 5.88 Å². The SMILES string of the molecule is COc1ncnc2c1N(C(N)=O)C(OC(=O)N1CCC(S(=O)(=O)c3ccc(C)cc3)CC1)S2. The first kappa shape index (κ1) is 23.1. The second kappa shape index (κ2) is 9.06. The largest absolute Gasteiger partial charge is 0.479 e.